The van der Waals surface area contributed by atoms with Crippen LogP contribution in [0.1, 0.15) is 1.43 Å². The van der Waals surface area contributed by atoms with Gasteiger partial charge in [-0.15, -0.1) is 0 Å². The van der Waals surface area contributed by atoms with E-state index in [-0.39, 0.29) is 77.4 Å². The molecule has 5 heavy (non-hydrogen) atoms. The van der Waals surface area contributed by atoms with Crippen LogP contribution in [0.4, 0.5) is 0 Å². The molecule has 0 rings (SSSR count). The van der Waals surface area contributed by atoms with Crippen molar-refractivity contribution >= 4 is 0 Å². The zero-order valence-electron chi connectivity index (χ0n) is 4.83. The first-order valence-corrected chi connectivity index (χ1v) is 0. The fourth-order valence-electron chi connectivity index (χ4n) is 0. The molecule has 0 aromatic heterocycles. The fraction of sp³-hybridized carbons (Fsp3) is 0. The molecule has 12 N–H and O–H groups in total. The van der Waals surface area contributed by atoms with Gasteiger partial charge in [0.1, 0.15) is 0 Å². The topological polar surface area (TPSA) is 140 Å². The van der Waals surface area contributed by atoms with Crippen LogP contribution in [0.3, 0.4) is 0 Å². The molecule has 0 radical (unpaired) electrons. The predicted octanol–water partition coefficient (Wildman–Crippen LogP) is -2.24. The minimum Gasteiger partial charge on any atom is -1.00 e. The minimum atomic E-state index is 0. The Morgan fingerprint density at radius 2 is 0.600 bits per heavy atom. The molecule has 34 valence electrons. The van der Waals surface area contributed by atoms with Crippen molar-refractivity contribution in [3.63, 3.8) is 0 Å². The largest absolute Gasteiger partial charge is 1.00 e. The second-order valence-electron chi connectivity index (χ2n) is 0. The maximum Gasteiger partial charge on any atom is 1.00 e. The van der Waals surface area contributed by atoms with Gasteiger partial charge in [0, 0.05) is 0 Å². The summed E-state index contributed by atoms with van der Waals surface area (Å²) in [5.74, 6) is 0. The van der Waals surface area contributed by atoms with Gasteiger partial charge in [-0.3, -0.25) is 0 Å². The predicted molar refractivity (Wildman–Crippen MR) is 21.2 cm³/mol. The Morgan fingerprint density at radius 1 is 0.600 bits per heavy atom. The van der Waals surface area contributed by atoms with Crippen LogP contribution >= 0.6 is 0 Å². The van der Waals surface area contributed by atoms with Crippen LogP contribution in [-0.4, -0.2) is 0 Å². The maximum absolute atomic E-state index is 0. The third-order valence-corrected chi connectivity index (χ3v) is 0. The van der Waals surface area contributed by atoms with Gasteiger partial charge in [-0.25, -0.2) is 0 Å². The molecule has 0 aliphatic carbocycles. The maximum atomic E-state index is 0. The zero-order chi connectivity index (χ0) is 0. The average Bonchev–Trinajstić information content (AvgIpc) is 0. The van der Waals surface area contributed by atoms with Crippen molar-refractivity contribution in [1.82, 2.24) is 24.6 Å². The molecule has 0 amide bonds. The third kappa shape index (κ3) is 30.4. The van der Waals surface area contributed by atoms with E-state index in [1.165, 1.54) is 0 Å². The molecule has 0 saturated carbocycles. The summed E-state index contributed by atoms with van der Waals surface area (Å²) >= 11 is 0. The Labute approximate surface area is 76.3 Å². The van der Waals surface area contributed by atoms with E-state index < -0.39 is 0 Å². The van der Waals surface area contributed by atoms with E-state index in [4.69, 9.17) is 0 Å². The van der Waals surface area contributed by atoms with Gasteiger partial charge < -0.3 is 26.0 Å². The molecule has 0 heterocycles. The molecule has 0 unspecified atom stereocenters. The quantitative estimate of drug-likeness (QED) is 0.260. The van der Waals surface area contributed by atoms with Gasteiger partial charge in [0.15, 0.2) is 0 Å². The minimum absolute atomic E-state index is 0. The van der Waals surface area contributed by atoms with Gasteiger partial charge in [0.2, 0.25) is 0 Å². The van der Waals surface area contributed by atoms with Gasteiger partial charge in [-0.05, 0) is 0 Å². The standard InChI is InChI=1S/K.4H3N.H/h;4*1H3;/q+1;;;;;-1. The van der Waals surface area contributed by atoms with Crippen molar-refractivity contribution in [1.29, 1.82) is 0 Å². The van der Waals surface area contributed by atoms with Crippen LogP contribution in [0.25, 0.3) is 0 Å². The summed E-state index contributed by atoms with van der Waals surface area (Å²) in [7, 11) is 0. The SMILES string of the molecule is N.N.N.N.[H-].[K+]. The Bertz CT molecular complexity index is 7.51. The first-order chi connectivity index (χ1) is 0. The van der Waals surface area contributed by atoms with Crippen LogP contribution in [-0.2, 0) is 0 Å². The van der Waals surface area contributed by atoms with E-state index in [9.17, 15) is 0 Å². The van der Waals surface area contributed by atoms with Gasteiger partial charge >= 0.3 is 51.4 Å². The normalized spacial score (nSPS) is 0. The zero-order valence-corrected chi connectivity index (χ0v) is 6.95. The Kier molecular flexibility index (Phi) is 897. The van der Waals surface area contributed by atoms with Crippen molar-refractivity contribution in [2.45, 2.75) is 0 Å². The molecular weight excluding hydrogens is 95.1 g/mol. The molecule has 0 atom stereocenters. The van der Waals surface area contributed by atoms with Crippen LogP contribution in [0.2, 0.25) is 0 Å². The van der Waals surface area contributed by atoms with E-state index in [0.717, 1.165) is 0 Å². The third-order valence-electron chi connectivity index (χ3n) is 0. The van der Waals surface area contributed by atoms with E-state index in [1.807, 2.05) is 0 Å². The van der Waals surface area contributed by atoms with E-state index in [1.54, 1.807) is 0 Å². The Hall–Kier alpha value is 1.48. The number of hydrogen-bond acceptors (Lipinski definition) is 4. The first kappa shape index (κ1) is 89.1. The summed E-state index contributed by atoms with van der Waals surface area (Å²) in [5.41, 5.74) is 0. The molecule has 0 aromatic rings. The summed E-state index contributed by atoms with van der Waals surface area (Å²) in [6.07, 6.45) is 0. The summed E-state index contributed by atoms with van der Waals surface area (Å²) in [6, 6.07) is 0. The fourth-order valence-corrected chi connectivity index (χ4v) is 0. The van der Waals surface area contributed by atoms with Gasteiger partial charge in [-0.1, -0.05) is 0 Å². The molecule has 0 bridgehead atoms. The summed E-state index contributed by atoms with van der Waals surface area (Å²) in [4.78, 5) is 0. The first-order valence-electron chi connectivity index (χ1n) is 0. The van der Waals surface area contributed by atoms with Crippen molar-refractivity contribution in [3.8, 4) is 0 Å². The van der Waals surface area contributed by atoms with Crippen molar-refractivity contribution in [2.24, 2.45) is 0 Å². The summed E-state index contributed by atoms with van der Waals surface area (Å²) in [6.45, 7) is 0. The smallest absolute Gasteiger partial charge is 1.00 e. The van der Waals surface area contributed by atoms with Gasteiger partial charge in [-0.2, -0.15) is 0 Å². The molecular formula is H13KN4. The van der Waals surface area contributed by atoms with Crippen molar-refractivity contribution in [2.75, 3.05) is 0 Å². The molecule has 0 aliphatic rings. The summed E-state index contributed by atoms with van der Waals surface area (Å²) < 4.78 is 0. The molecule has 5 heteroatoms. The van der Waals surface area contributed by atoms with Crippen LogP contribution in [0, 0.1) is 0 Å². The van der Waals surface area contributed by atoms with Crippen molar-refractivity contribution in [3.05, 3.63) is 0 Å². The molecule has 0 spiro atoms. The average molecular weight is 108 g/mol. The van der Waals surface area contributed by atoms with Crippen molar-refractivity contribution < 1.29 is 52.8 Å². The Morgan fingerprint density at radius 3 is 0.600 bits per heavy atom. The number of rotatable bonds is 0. The van der Waals surface area contributed by atoms with E-state index in [0.29, 0.717) is 0 Å². The van der Waals surface area contributed by atoms with Crippen LogP contribution in [0.15, 0.2) is 0 Å². The van der Waals surface area contributed by atoms with E-state index >= 15 is 0 Å². The monoisotopic (exact) mass is 108 g/mol. The molecule has 0 saturated heterocycles. The van der Waals surface area contributed by atoms with Crippen LogP contribution < -0.4 is 76.0 Å². The van der Waals surface area contributed by atoms with Gasteiger partial charge in [0.05, 0.1) is 0 Å². The summed E-state index contributed by atoms with van der Waals surface area (Å²) in [5, 5.41) is 0. The molecule has 0 aromatic carbocycles. The molecule has 4 nitrogen and oxygen atoms in total. The number of hydrogen-bond donors (Lipinski definition) is 4. The van der Waals surface area contributed by atoms with Gasteiger partial charge in [0.25, 0.3) is 0 Å². The second kappa shape index (κ2) is 50.3. The second-order valence-corrected chi connectivity index (χ2v) is 0. The Balaban J connectivity index is 0. The van der Waals surface area contributed by atoms with E-state index in [2.05, 4.69) is 0 Å². The molecule has 0 fully saturated rings. The van der Waals surface area contributed by atoms with Crippen LogP contribution in [0.5, 0.6) is 0 Å². The molecule has 0 aliphatic heterocycles.